The second kappa shape index (κ2) is 6.19. The summed E-state index contributed by atoms with van der Waals surface area (Å²) in [5.41, 5.74) is 4.93. The van der Waals surface area contributed by atoms with E-state index in [-0.39, 0.29) is 34.8 Å². The van der Waals surface area contributed by atoms with Crippen molar-refractivity contribution in [2.24, 2.45) is 5.73 Å². The van der Waals surface area contributed by atoms with Gasteiger partial charge in [-0.3, -0.25) is 4.79 Å². The molecule has 9 heteroatoms. The van der Waals surface area contributed by atoms with Gasteiger partial charge in [0.1, 0.15) is 17.4 Å². The number of methoxy groups -OCH3 is 1. The molecular weight excluding hydrogens is 360 g/mol. The molecular formula is C18H19F2N3O4. The fourth-order valence-electron chi connectivity index (χ4n) is 3.78. The van der Waals surface area contributed by atoms with Gasteiger partial charge >= 0.3 is 5.97 Å². The number of pyridine rings is 1. The normalized spacial score (nSPS) is 24.4. The number of fused-ring (bicyclic) bond motifs is 1. The van der Waals surface area contributed by atoms with Crippen LogP contribution >= 0.6 is 0 Å². The van der Waals surface area contributed by atoms with Crippen LogP contribution in [0.5, 0.6) is 5.75 Å². The average Bonchev–Trinajstić information content (AvgIpc) is 3.18. The summed E-state index contributed by atoms with van der Waals surface area (Å²) in [7, 11) is 1.34. The first-order valence-corrected chi connectivity index (χ1v) is 8.66. The number of aromatic nitrogens is 1. The van der Waals surface area contributed by atoms with Crippen LogP contribution in [0.25, 0.3) is 10.9 Å². The molecule has 1 aliphatic heterocycles. The quantitative estimate of drug-likeness (QED) is 0.839. The molecule has 3 N–H and O–H groups in total. The number of carbonyl (C=O) groups is 1. The van der Waals surface area contributed by atoms with E-state index in [9.17, 15) is 23.5 Å². The van der Waals surface area contributed by atoms with Crippen molar-refractivity contribution >= 4 is 22.6 Å². The molecule has 0 bridgehead atoms. The Bertz CT molecular complexity index is 1010. The van der Waals surface area contributed by atoms with Crippen molar-refractivity contribution in [1.29, 1.82) is 0 Å². The molecule has 0 spiro atoms. The Kier molecular flexibility index (Phi) is 4.06. The maximum Gasteiger partial charge on any atom is 0.341 e. The molecule has 0 radical (unpaired) electrons. The summed E-state index contributed by atoms with van der Waals surface area (Å²) >= 11 is 0. The van der Waals surface area contributed by atoms with Crippen LogP contribution in [-0.4, -0.2) is 48.1 Å². The number of hydrogen-bond donors (Lipinski definition) is 2. The Balaban J connectivity index is 2.06. The topological polar surface area (TPSA) is 97.8 Å². The fraction of sp³-hybridized carbons (Fsp3) is 0.444. The van der Waals surface area contributed by atoms with Crippen molar-refractivity contribution in [3.05, 3.63) is 33.9 Å². The van der Waals surface area contributed by atoms with Crippen LogP contribution in [0.15, 0.2) is 17.1 Å². The Morgan fingerprint density at radius 3 is 2.67 bits per heavy atom. The number of carboxylic acids is 1. The number of aromatic carboxylic acids is 1. The summed E-state index contributed by atoms with van der Waals surface area (Å²) in [5.74, 6) is -2.06. The SMILES string of the molecule is COc1c(N2CC[C@H](N)C2)c(F)cc2c(=O)c(C(=O)O)cn([C@@H]3C[C@@H]3F)c12. The van der Waals surface area contributed by atoms with E-state index >= 15 is 0 Å². The van der Waals surface area contributed by atoms with Gasteiger partial charge in [-0.1, -0.05) is 0 Å². The summed E-state index contributed by atoms with van der Waals surface area (Å²) < 4.78 is 35.6. The van der Waals surface area contributed by atoms with Gasteiger partial charge in [-0.15, -0.1) is 0 Å². The van der Waals surface area contributed by atoms with Crippen molar-refractivity contribution < 1.29 is 23.4 Å². The van der Waals surface area contributed by atoms with Crippen LogP contribution in [0, 0.1) is 5.82 Å². The molecule has 27 heavy (non-hydrogen) atoms. The predicted molar refractivity (Wildman–Crippen MR) is 95.0 cm³/mol. The number of anilines is 1. The van der Waals surface area contributed by atoms with Gasteiger partial charge in [0, 0.05) is 31.7 Å². The third kappa shape index (κ3) is 2.73. The van der Waals surface area contributed by atoms with Crippen molar-refractivity contribution in [3.63, 3.8) is 0 Å². The van der Waals surface area contributed by atoms with Crippen LogP contribution in [-0.2, 0) is 0 Å². The average molecular weight is 379 g/mol. The highest BCUT2D eigenvalue weighted by atomic mass is 19.1. The van der Waals surface area contributed by atoms with Gasteiger partial charge in [-0.05, 0) is 12.5 Å². The Labute approximate surface area is 152 Å². The minimum Gasteiger partial charge on any atom is -0.492 e. The zero-order valence-corrected chi connectivity index (χ0v) is 14.6. The van der Waals surface area contributed by atoms with Gasteiger partial charge in [-0.2, -0.15) is 0 Å². The van der Waals surface area contributed by atoms with Crippen LogP contribution in [0.1, 0.15) is 29.2 Å². The first-order valence-electron chi connectivity index (χ1n) is 8.66. The summed E-state index contributed by atoms with van der Waals surface area (Å²) in [6.07, 6.45) is 0.843. The third-order valence-corrected chi connectivity index (χ3v) is 5.21. The van der Waals surface area contributed by atoms with Gasteiger partial charge in [-0.25, -0.2) is 13.6 Å². The Morgan fingerprint density at radius 2 is 2.15 bits per heavy atom. The van der Waals surface area contributed by atoms with E-state index in [4.69, 9.17) is 10.5 Å². The number of ether oxygens (including phenoxy) is 1. The third-order valence-electron chi connectivity index (χ3n) is 5.21. The molecule has 0 amide bonds. The van der Waals surface area contributed by atoms with Crippen molar-refractivity contribution in [1.82, 2.24) is 4.57 Å². The van der Waals surface area contributed by atoms with Gasteiger partial charge in [0.2, 0.25) is 5.43 Å². The maximum atomic E-state index is 15.0. The van der Waals surface area contributed by atoms with Crippen molar-refractivity contribution in [2.75, 3.05) is 25.1 Å². The van der Waals surface area contributed by atoms with Gasteiger partial charge in [0.25, 0.3) is 0 Å². The number of hydrogen-bond acceptors (Lipinski definition) is 5. The fourth-order valence-corrected chi connectivity index (χ4v) is 3.78. The van der Waals surface area contributed by atoms with E-state index in [1.165, 1.54) is 11.7 Å². The number of halogens is 2. The van der Waals surface area contributed by atoms with Crippen molar-refractivity contribution in [3.8, 4) is 5.75 Å². The minimum atomic E-state index is -1.44. The lowest BCUT2D eigenvalue weighted by atomic mass is 10.1. The summed E-state index contributed by atoms with van der Waals surface area (Å²) in [5, 5.41) is 9.17. The standard InChI is InChI=1S/C18H19F2N3O4/c1-27-17-14-9(4-12(20)15(17)22-3-2-8(21)6-22)16(24)10(18(25)26)7-23(14)13-5-11(13)19/h4,7-8,11,13H,2-3,5-6,21H2,1H3,(H,25,26)/t8-,11-,13+/m0/s1. The van der Waals surface area contributed by atoms with Crippen LogP contribution in [0.3, 0.4) is 0 Å². The van der Waals surface area contributed by atoms with Gasteiger partial charge in [0.05, 0.1) is 24.1 Å². The molecule has 1 aliphatic carbocycles. The summed E-state index contributed by atoms with van der Waals surface area (Å²) in [4.78, 5) is 25.8. The van der Waals surface area contributed by atoms with Crippen LogP contribution in [0.2, 0.25) is 0 Å². The molecule has 2 aliphatic rings. The highest BCUT2D eigenvalue weighted by Gasteiger charge is 2.41. The second-order valence-corrected chi connectivity index (χ2v) is 7.03. The monoisotopic (exact) mass is 379 g/mol. The molecule has 2 fully saturated rings. The molecule has 3 atom stereocenters. The molecule has 1 aromatic heterocycles. The van der Waals surface area contributed by atoms with Crippen LogP contribution in [0.4, 0.5) is 14.5 Å². The predicted octanol–water partition coefficient (Wildman–Crippen LogP) is 1.67. The number of carboxylic acid groups (broad SMARTS) is 1. The zero-order chi connectivity index (χ0) is 19.5. The summed E-state index contributed by atoms with van der Waals surface area (Å²) in [6, 6.07) is 0.289. The van der Waals surface area contributed by atoms with Gasteiger partial charge < -0.3 is 25.0 Å². The molecule has 1 saturated carbocycles. The number of benzene rings is 1. The lowest BCUT2D eigenvalue weighted by Crippen LogP contribution is -2.28. The van der Waals surface area contributed by atoms with E-state index in [1.807, 2.05) is 0 Å². The van der Waals surface area contributed by atoms with Crippen LogP contribution < -0.4 is 20.8 Å². The van der Waals surface area contributed by atoms with E-state index in [2.05, 4.69) is 0 Å². The van der Waals surface area contributed by atoms with E-state index < -0.39 is 35.0 Å². The summed E-state index contributed by atoms with van der Waals surface area (Å²) in [6.45, 7) is 0.942. The second-order valence-electron chi connectivity index (χ2n) is 7.03. The number of alkyl halides is 1. The van der Waals surface area contributed by atoms with E-state index in [0.717, 1.165) is 12.3 Å². The molecule has 2 aromatic rings. The number of rotatable bonds is 4. The maximum absolute atomic E-state index is 15.0. The zero-order valence-electron chi connectivity index (χ0n) is 14.6. The number of nitrogens with two attached hydrogens (primary N) is 1. The van der Waals surface area contributed by atoms with E-state index in [1.54, 1.807) is 4.90 Å². The Morgan fingerprint density at radius 1 is 1.44 bits per heavy atom. The lowest BCUT2D eigenvalue weighted by Gasteiger charge is -2.24. The highest BCUT2D eigenvalue weighted by Crippen LogP contribution is 2.45. The lowest BCUT2D eigenvalue weighted by molar-refractivity contribution is 0.0694. The largest absolute Gasteiger partial charge is 0.492 e. The minimum absolute atomic E-state index is 0.0900. The number of nitrogens with zero attached hydrogens (tertiary/aromatic N) is 2. The molecule has 1 saturated heterocycles. The molecule has 4 rings (SSSR count). The molecule has 7 nitrogen and oxygen atoms in total. The highest BCUT2D eigenvalue weighted by molar-refractivity contribution is 5.97. The van der Waals surface area contributed by atoms with E-state index in [0.29, 0.717) is 19.5 Å². The van der Waals surface area contributed by atoms with Gasteiger partial charge in [0.15, 0.2) is 11.6 Å². The molecule has 144 valence electrons. The Hall–Kier alpha value is -2.68. The first kappa shape index (κ1) is 17.7. The molecule has 1 aromatic carbocycles. The molecule has 0 unspecified atom stereocenters. The first-order chi connectivity index (χ1) is 12.8. The molecule has 2 heterocycles. The van der Waals surface area contributed by atoms with Crippen molar-refractivity contribution in [2.45, 2.75) is 31.1 Å². The smallest absolute Gasteiger partial charge is 0.341 e.